The lowest BCUT2D eigenvalue weighted by molar-refractivity contribution is 1.13. The SMILES string of the molecule is Cc1c2ccc(N(C)C)cc2nc2cnc(N)cc12. The summed E-state index contributed by atoms with van der Waals surface area (Å²) in [5, 5.41) is 2.22. The predicted octanol–water partition coefficient (Wildman–Crippen LogP) is 2.74. The highest BCUT2D eigenvalue weighted by Crippen LogP contribution is 2.28. The van der Waals surface area contributed by atoms with Gasteiger partial charge in [0, 0.05) is 30.6 Å². The van der Waals surface area contributed by atoms with Gasteiger partial charge in [-0.1, -0.05) is 6.07 Å². The summed E-state index contributed by atoms with van der Waals surface area (Å²) >= 11 is 0. The largest absolute Gasteiger partial charge is 0.384 e. The summed E-state index contributed by atoms with van der Waals surface area (Å²) in [5.74, 6) is 0.529. The number of benzene rings is 1. The van der Waals surface area contributed by atoms with Crippen LogP contribution in [-0.2, 0) is 0 Å². The number of nitrogen functional groups attached to an aromatic ring is 1. The number of anilines is 2. The number of rotatable bonds is 1. The molecule has 4 heteroatoms. The highest BCUT2D eigenvalue weighted by molar-refractivity contribution is 5.98. The van der Waals surface area contributed by atoms with Crippen molar-refractivity contribution in [1.29, 1.82) is 0 Å². The molecule has 2 aromatic heterocycles. The third-order valence-corrected chi connectivity index (χ3v) is 3.45. The molecule has 2 heterocycles. The van der Waals surface area contributed by atoms with Gasteiger partial charge in [0.1, 0.15) is 5.82 Å². The molecule has 96 valence electrons. The van der Waals surface area contributed by atoms with E-state index in [4.69, 9.17) is 5.73 Å². The van der Waals surface area contributed by atoms with Crippen LogP contribution in [0.2, 0.25) is 0 Å². The molecule has 0 unspecified atom stereocenters. The number of nitrogens with two attached hydrogens (primary N) is 1. The van der Waals surface area contributed by atoms with Crippen LogP contribution in [-0.4, -0.2) is 24.1 Å². The summed E-state index contributed by atoms with van der Waals surface area (Å²) in [4.78, 5) is 10.9. The zero-order chi connectivity index (χ0) is 13.6. The van der Waals surface area contributed by atoms with Gasteiger partial charge < -0.3 is 10.6 Å². The minimum Gasteiger partial charge on any atom is -0.384 e. The van der Waals surface area contributed by atoms with Crippen LogP contribution in [0.25, 0.3) is 21.8 Å². The third-order valence-electron chi connectivity index (χ3n) is 3.45. The molecule has 0 aliphatic heterocycles. The molecule has 0 saturated carbocycles. The molecule has 4 nitrogen and oxygen atoms in total. The van der Waals surface area contributed by atoms with Crippen LogP contribution >= 0.6 is 0 Å². The molecule has 0 atom stereocenters. The first-order valence-corrected chi connectivity index (χ1v) is 6.19. The van der Waals surface area contributed by atoms with Crippen molar-refractivity contribution in [1.82, 2.24) is 9.97 Å². The Hall–Kier alpha value is -2.36. The van der Waals surface area contributed by atoms with Gasteiger partial charge in [0.05, 0.1) is 17.2 Å². The minimum absolute atomic E-state index is 0.529. The molecule has 0 radical (unpaired) electrons. The number of nitrogens with zero attached hydrogens (tertiary/aromatic N) is 3. The summed E-state index contributed by atoms with van der Waals surface area (Å²) < 4.78 is 0. The zero-order valence-corrected chi connectivity index (χ0v) is 11.3. The fourth-order valence-electron chi connectivity index (χ4n) is 2.34. The molecule has 1 aromatic carbocycles. The Kier molecular flexibility index (Phi) is 2.52. The third kappa shape index (κ3) is 1.85. The van der Waals surface area contributed by atoms with Gasteiger partial charge in [-0.05, 0) is 30.7 Å². The van der Waals surface area contributed by atoms with Crippen LogP contribution in [0.3, 0.4) is 0 Å². The van der Waals surface area contributed by atoms with E-state index in [0.717, 1.165) is 27.5 Å². The van der Waals surface area contributed by atoms with E-state index in [9.17, 15) is 0 Å². The van der Waals surface area contributed by atoms with E-state index in [1.807, 2.05) is 20.2 Å². The van der Waals surface area contributed by atoms with Gasteiger partial charge in [0.15, 0.2) is 0 Å². The summed E-state index contributed by atoms with van der Waals surface area (Å²) in [5.41, 5.74) is 9.96. The van der Waals surface area contributed by atoms with E-state index in [-0.39, 0.29) is 0 Å². The molecule has 3 aromatic rings. The van der Waals surface area contributed by atoms with Gasteiger partial charge in [-0.2, -0.15) is 0 Å². The molecule has 0 aliphatic rings. The Morgan fingerprint density at radius 3 is 2.58 bits per heavy atom. The number of aromatic nitrogens is 2. The summed E-state index contributed by atoms with van der Waals surface area (Å²) in [6, 6.07) is 8.20. The molecule has 0 fully saturated rings. The zero-order valence-electron chi connectivity index (χ0n) is 11.3. The maximum absolute atomic E-state index is 5.76. The highest BCUT2D eigenvalue weighted by atomic mass is 15.1. The fourth-order valence-corrected chi connectivity index (χ4v) is 2.34. The van der Waals surface area contributed by atoms with E-state index < -0.39 is 0 Å². The lowest BCUT2D eigenvalue weighted by Gasteiger charge is -2.14. The second-order valence-corrected chi connectivity index (χ2v) is 4.96. The number of pyridine rings is 2. The van der Waals surface area contributed by atoms with Crippen LogP contribution in [0, 0.1) is 6.92 Å². The Morgan fingerprint density at radius 2 is 1.84 bits per heavy atom. The van der Waals surface area contributed by atoms with Gasteiger partial charge in [0.25, 0.3) is 0 Å². The van der Waals surface area contributed by atoms with Crippen molar-refractivity contribution in [3.8, 4) is 0 Å². The summed E-state index contributed by atoms with van der Waals surface area (Å²) in [6.45, 7) is 2.10. The molecule has 19 heavy (non-hydrogen) atoms. The van der Waals surface area contributed by atoms with E-state index in [2.05, 4.69) is 40.0 Å². The predicted molar refractivity (Wildman–Crippen MR) is 80.5 cm³/mol. The standard InChI is InChI=1S/C15H16N4/c1-9-11-5-4-10(19(2)3)6-13(11)18-14-8-17-15(16)7-12(9)14/h4-8H,1-3H3,(H2,16,17). The Balaban J connectivity index is 2.39. The fraction of sp³-hybridized carbons (Fsp3) is 0.200. The topological polar surface area (TPSA) is 55.0 Å². The monoisotopic (exact) mass is 252 g/mol. The second kappa shape index (κ2) is 4.09. The van der Waals surface area contributed by atoms with E-state index in [1.165, 1.54) is 5.56 Å². The van der Waals surface area contributed by atoms with E-state index in [0.29, 0.717) is 5.82 Å². The number of hydrogen-bond acceptors (Lipinski definition) is 4. The maximum Gasteiger partial charge on any atom is 0.124 e. The first-order chi connectivity index (χ1) is 9.06. The van der Waals surface area contributed by atoms with Crippen molar-refractivity contribution in [3.63, 3.8) is 0 Å². The van der Waals surface area contributed by atoms with Crippen molar-refractivity contribution in [2.45, 2.75) is 6.92 Å². The molecule has 2 N–H and O–H groups in total. The van der Waals surface area contributed by atoms with Gasteiger partial charge in [0.2, 0.25) is 0 Å². The van der Waals surface area contributed by atoms with Crippen LogP contribution in [0.15, 0.2) is 30.5 Å². The van der Waals surface area contributed by atoms with Crippen molar-refractivity contribution in [2.75, 3.05) is 24.7 Å². The quantitative estimate of drug-likeness (QED) is 0.677. The summed E-state index contributed by atoms with van der Waals surface area (Å²) in [7, 11) is 4.05. The Labute approximate surface area is 111 Å². The van der Waals surface area contributed by atoms with Crippen LogP contribution in [0.4, 0.5) is 11.5 Å². The van der Waals surface area contributed by atoms with Crippen molar-refractivity contribution >= 4 is 33.3 Å². The van der Waals surface area contributed by atoms with Crippen molar-refractivity contribution in [2.24, 2.45) is 0 Å². The molecule has 0 bridgehead atoms. The molecule has 0 saturated heterocycles. The first kappa shape index (κ1) is 11.7. The molecular weight excluding hydrogens is 236 g/mol. The van der Waals surface area contributed by atoms with Crippen LogP contribution in [0.1, 0.15) is 5.56 Å². The molecule has 0 aliphatic carbocycles. The van der Waals surface area contributed by atoms with Gasteiger partial charge in [-0.3, -0.25) is 0 Å². The highest BCUT2D eigenvalue weighted by Gasteiger charge is 2.07. The normalized spacial score (nSPS) is 11.1. The lowest BCUT2D eigenvalue weighted by Crippen LogP contribution is -2.08. The van der Waals surface area contributed by atoms with E-state index in [1.54, 1.807) is 6.20 Å². The number of aryl methyl sites for hydroxylation is 1. The number of hydrogen-bond donors (Lipinski definition) is 1. The van der Waals surface area contributed by atoms with Gasteiger partial charge >= 0.3 is 0 Å². The van der Waals surface area contributed by atoms with Crippen LogP contribution < -0.4 is 10.6 Å². The van der Waals surface area contributed by atoms with Crippen LogP contribution in [0.5, 0.6) is 0 Å². The Morgan fingerprint density at radius 1 is 1.05 bits per heavy atom. The summed E-state index contributed by atoms with van der Waals surface area (Å²) in [6.07, 6.45) is 1.74. The van der Waals surface area contributed by atoms with Gasteiger partial charge in [-0.15, -0.1) is 0 Å². The Bertz CT molecular complexity index is 778. The first-order valence-electron chi connectivity index (χ1n) is 6.19. The molecule has 0 spiro atoms. The molecule has 3 rings (SSSR count). The van der Waals surface area contributed by atoms with E-state index >= 15 is 0 Å². The lowest BCUT2D eigenvalue weighted by atomic mass is 10.0. The smallest absolute Gasteiger partial charge is 0.124 e. The van der Waals surface area contributed by atoms with Crippen molar-refractivity contribution in [3.05, 3.63) is 36.0 Å². The average molecular weight is 252 g/mol. The molecule has 0 amide bonds. The molecular formula is C15H16N4. The second-order valence-electron chi connectivity index (χ2n) is 4.96. The number of fused-ring (bicyclic) bond motifs is 2. The van der Waals surface area contributed by atoms with Crippen molar-refractivity contribution < 1.29 is 0 Å². The van der Waals surface area contributed by atoms with Gasteiger partial charge in [-0.25, -0.2) is 9.97 Å². The maximum atomic E-state index is 5.76. The average Bonchev–Trinajstić information content (AvgIpc) is 2.39. The minimum atomic E-state index is 0.529.